The molecular weight excluding hydrogens is 478 g/mol. The van der Waals surface area contributed by atoms with E-state index in [-0.39, 0.29) is 24.8 Å². The summed E-state index contributed by atoms with van der Waals surface area (Å²) in [6.07, 6.45) is 0.575. The first-order valence-electron chi connectivity index (χ1n) is 11.1. The normalized spacial score (nSPS) is 18.9. The Hall–Kier alpha value is -3.45. The van der Waals surface area contributed by atoms with Crippen molar-refractivity contribution in [3.8, 4) is 0 Å². The molecule has 2 aliphatic heterocycles. The van der Waals surface area contributed by atoms with Crippen LogP contribution in [0.25, 0.3) is 0 Å². The third-order valence-corrected chi connectivity index (χ3v) is 6.75. The lowest BCUT2D eigenvalue weighted by molar-refractivity contribution is -0.126. The lowest BCUT2D eigenvalue weighted by atomic mass is 10.0. The van der Waals surface area contributed by atoms with Crippen molar-refractivity contribution >= 4 is 39.0 Å². The van der Waals surface area contributed by atoms with Crippen molar-refractivity contribution in [2.45, 2.75) is 24.7 Å². The summed E-state index contributed by atoms with van der Waals surface area (Å²) >= 11 is 1.21. The Morgan fingerprint density at radius 2 is 2.00 bits per heavy atom. The number of rotatable bonds is 8. The molecule has 35 heavy (non-hydrogen) atoms. The van der Waals surface area contributed by atoms with Crippen LogP contribution in [0.3, 0.4) is 0 Å². The highest BCUT2D eigenvalue weighted by atomic mass is 32.1. The van der Waals surface area contributed by atoms with Crippen molar-refractivity contribution in [1.82, 2.24) is 20.4 Å². The summed E-state index contributed by atoms with van der Waals surface area (Å²) in [5.41, 5.74) is 0.711. The van der Waals surface area contributed by atoms with Gasteiger partial charge >= 0.3 is 0 Å². The molecular formula is C22H24F2N8O2S. The summed E-state index contributed by atoms with van der Waals surface area (Å²) in [5.74, 6) is -0.106. The predicted octanol–water partition coefficient (Wildman–Crippen LogP) is 2.64. The number of benzene rings is 1. The van der Waals surface area contributed by atoms with Crippen LogP contribution in [0.2, 0.25) is 0 Å². The van der Waals surface area contributed by atoms with E-state index in [4.69, 9.17) is 4.74 Å². The van der Waals surface area contributed by atoms with Gasteiger partial charge in [-0.3, -0.25) is 10.1 Å². The number of methoxy groups -OCH3 is 1. The number of aromatic nitrogens is 4. The van der Waals surface area contributed by atoms with E-state index in [0.29, 0.717) is 15.8 Å². The molecule has 2 N–H and O–H groups in total. The minimum Gasteiger partial charge on any atom is -0.367 e. The molecule has 2 aromatic heterocycles. The zero-order valence-corrected chi connectivity index (χ0v) is 19.7. The first-order chi connectivity index (χ1) is 17.0. The minimum atomic E-state index is -0.993. The van der Waals surface area contributed by atoms with Gasteiger partial charge in [0, 0.05) is 32.4 Å². The monoisotopic (exact) mass is 502 g/mol. The summed E-state index contributed by atoms with van der Waals surface area (Å²) in [4.78, 5) is 16.6. The Morgan fingerprint density at radius 3 is 2.74 bits per heavy atom. The highest BCUT2D eigenvalue weighted by Gasteiger charge is 2.30. The molecule has 2 aliphatic rings. The van der Waals surface area contributed by atoms with Crippen LogP contribution in [0.5, 0.6) is 0 Å². The molecule has 1 aromatic carbocycles. The Labute approximate surface area is 204 Å². The van der Waals surface area contributed by atoms with Gasteiger partial charge in [0.05, 0.1) is 18.8 Å². The Kier molecular flexibility index (Phi) is 6.68. The second kappa shape index (κ2) is 10.0. The second-order valence-electron chi connectivity index (χ2n) is 8.39. The zero-order chi connectivity index (χ0) is 24.4. The van der Waals surface area contributed by atoms with E-state index < -0.39 is 24.0 Å². The number of hydrogen-bond donors (Lipinski definition) is 2. The Bertz CT molecular complexity index is 1180. The van der Waals surface area contributed by atoms with Crippen LogP contribution in [-0.4, -0.2) is 71.8 Å². The van der Waals surface area contributed by atoms with Gasteiger partial charge in [-0.2, -0.15) is 5.10 Å². The van der Waals surface area contributed by atoms with Gasteiger partial charge in [0.25, 0.3) is 5.91 Å². The van der Waals surface area contributed by atoms with Crippen LogP contribution in [0, 0.1) is 5.82 Å². The van der Waals surface area contributed by atoms with Gasteiger partial charge < -0.3 is 19.9 Å². The van der Waals surface area contributed by atoms with E-state index in [1.54, 1.807) is 11.1 Å². The molecule has 0 saturated carbocycles. The number of carbonyl (C=O) groups is 1. The maximum atomic E-state index is 14.2. The van der Waals surface area contributed by atoms with Crippen LogP contribution in [0.4, 0.5) is 30.5 Å². The van der Waals surface area contributed by atoms with E-state index in [9.17, 15) is 13.6 Å². The van der Waals surface area contributed by atoms with Gasteiger partial charge in [0.15, 0.2) is 11.9 Å². The van der Waals surface area contributed by atoms with Crippen molar-refractivity contribution in [1.29, 1.82) is 0 Å². The number of ether oxygens (including phenoxy) is 1. The van der Waals surface area contributed by atoms with Crippen LogP contribution >= 0.6 is 11.3 Å². The van der Waals surface area contributed by atoms with Gasteiger partial charge in [-0.25, -0.2) is 8.78 Å². The molecule has 2 atom stereocenters. The van der Waals surface area contributed by atoms with Crippen LogP contribution in [0.1, 0.15) is 18.1 Å². The molecule has 0 radical (unpaired) electrons. The summed E-state index contributed by atoms with van der Waals surface area (Å²) in [6, 6.07) is 8.19. The van der Waals surface area contributed by atoms with Crippen LogP contribution < -0.4 is 20.4 Å². The maximum Gasteiger partial charge on any atom is 0.259 e. The highest BCUT2D eigenvalue weighted by Crippen LogP contribution is 2.31. The summed E-state index contributed by atoms with van der Waals surface area (Å²) in [5, 5.41) is 23.2. The fourth-order valence-corrected chi connectivity index (χ4v) is 4.90. The quantitative estimate of drug-likeness (QED) is 0.481. The Balaban J connectivity index is 1.20. The number of anilines is 4. The smallest absolute Gasteiger partial charge is 0.259 e. The van der Waals surface area contributed by atoms with Gasteiger partial charge in [0.1, 0.15) is 12.0 Å². The number of amides is 1. The van der Waals surface area contributed by atoms with Crippen molar-refractivity contribution in [3.05, 3.63) is 47.9 Å². The fourth-order valence-electron chi connectivity index (χ4n) is 4.18. The molecule has 184 valence electrons. The minimum absolute atomic E-state index is 0.127. The SMILES string of the molecule is CO[C@@H](C(=O)Nc1nnc(N[C@@H]2CCN(c3cccnn3)C2)s1)c1ccc(F)c(N2CC(F)C2)c1. The molecule has 0 spiro atoms. The molecule has 4 heterocycles. The van der Waals surface area contributed by atoms with Gasteiger partial charge in [-0.15, -0.1) is 15.3 Å². The van der Waals surface area contributed by atoms with Gasteiger partial charge in [0.2, 0.25) is 10.3 Å². The molecule has 2 saturated heterocycles. The van der Waals surface area contributed by atoms with Gasteiger partial charge in [-0.1, -0.05) is 17.4 Å². The van der Waals surface area contributed by atoms with Crippen molar-refractivity contribution in [3.63, 3.8) is 0 Å². The maximum absolute atomic E-state index is 14.2. The average molecular weight is 503 g/mol. The molecule has 0 bridgehead atoms. The first kappa shape index (κ1) is 23.3. The molecule has 10 nitrogen and oxygen atoms in total. The standard InChI is InChI=1S/C22H24F2N8O2S/c1-34-19(13-4-5-16(24)17(9-13)32-10-14(23)11-32)20(33)27-22-30-29-21(35-22)26-15-6-8-31(12-15)18-3-2-7-25-28-18/h2-5,7,9,14-15,19H,6,8,10-12H2,1H3,(H,26,29)(H,27,30,33)/t15-,19-/m1/s1. The molecule has 3 aromatic rings. The lowest BCUT2D eigenvalue weighted by Gasteiger charge is -2.36. The number of carbonyl (C=O) groups excluding carboxylic acids is 1. The van der Waals surface area contributed by atoms with E-state index in [0.717, 1.165) is 25.3 Å². The third-order valence-electron chi connectivity index (χ3n) is 5.98. The van der Waals surface area contributed by atoms with E-state index in [1.165, 1.54) is 36.6 Å². The third kappa shape index (κ3) is 5.15. The van der Waals surface area contributed by atoms with Crippen molar-refractivity contribution in [2.24, 2.45) is 0 Å². The number of nitrogens with one attached hydrogen (secondary N) is 2. The zero-order valence-electron chi connectivity index (χ0n) is 18.9. The molecule has 5 rings (SSSR count). The van der Waals surface area contributed by atoms with Crippen LogP contribution in [0.15, 0.2) is 36.5 Å². The lowest BCUT2D eigenvalue weighted by Crippen LogP contribution is -2.48. The summed E-state index contributed by atoms with van der Waals surface area (Å²) in [6.45, 7) is 1.85. The van der Waals surface area contributed by atoms with Crippen molar-refractivity contribution < 1.29 is 18.3 Å². The molecule has 0 unspecified atom stereocenters. The average Bonchev–Trinajstić information content (AvgIpc) is 3.49. The van der Waals surface area contributed by atoms with Crippen molar-refractivity contribution in [2.75, 3.05) is 53.7 Å². The fraction of sp³-hybridized carbons (Fsp3) is 0.409. The predicted molar refractivity (Wildman–Crippen MR) is 128 cm³/mol. The summed E-state index contributed by atoms with van der Waals surface area (Å²) < 4.78 is 32.8. The summed E-state index contributed by atoms with van der Waals surface area (Å²) in [7, 11) is 1.39. The van der Waals surface area contributed by atoms with E-state index in [1.807, 2.05) is 12.1 Å². The highest BCUT2D eigenvalue weighted by molar-refractivity contribution is 7.19. The number of nitrogens with zero attached hydrogens (tertiary/aromatic N) is 6. The molecule has 2 fully saturated rings. The topological polar surface area (TPSA) is 108 Å². The largest absolute Gasteiger partial charge is 0.367 e. The molecule has 1 amide bonds. The van der Waals surface area contributed by atoms with E-state index >= 15 is 0 Å². The number of halogens is 2. The van der Waals surface area contributed by atoms with E-state index in [2.05, 4.69) is 35.9 Å². The number of hydrogen-bond acceptors (Lipinski definition) is 10. The number of alkyl halides is 1. The van der Waals surface area contributed by atoms with Crippen LogP contribution in [-0.2, 0) is 9.53 Å². The second-order valence-corrected chi connectivity index (χ2v) is 9.37. The Morgan fingerprint density at radius 1 is 1.17 bits per heavy atom. The van der Waals surface area contributed by atoms with Gasteiger partial charge in [-0.05, 0) is 36.2 Å². The molecule has 0 aliphatic carbocycles. The first-order valence-corrected chi connectivity index (χ1v) is 12.0. The molecule has 13 heteroatoms.